The SMILES string of the molecule is CC[C@@H]1CN(C(C)=O)c2cc(Cl)ccc2O1. The summed E-state index contributed by atoms with van der Waals surface area (Å²) >= 11 is 5.92. The number of hydrogen-bond donors (Lipinski definition) is 0. The van der Waals surface area contributed by atoms with Gasteiger partial charge in [0.1, 0.15) is 11.9 Å². The molecule has 0 saturated carbocycles. The van der Waals surface area contributed by atoms with Crippen LogP contribution in [0.3, 0.4) is 0 Å². The van der Waals surface area contributed by atoms with E-state index in [0.29, 0.717) is 11.6 Å². The van der Waals surface area contributed by atoms with Gasteiger partial charge >= 0.3 is 0 Å². The van der Waals surface area contributed by atoms with Crippen molar-refractivity contribution in [1.29, 1.82) is 0 Å². The number of nitrogens with zero attached hydrogens (tertiary/aromatic N) is 1. The van der Waals surface area contributed by atoms with Crippen LogP contribution < -0.4 is 9.64 Å². The molecule has 0 spiro atoms. The fourth-order valence-electron chi connectivity index (χ4n) is 1.83. The molecule has 0 fully saturated rings. The summed E-state index contributed by atoms with van der Waals surface area (Å²) in [7, 11) is 0. The monoisotopic (exact) mass is 239 g/mol. The number of amides is 1. The molecule has 1 amide bonds. The van der Waals surface area contributed by atoms with E-state index in [0.717, 1.165) is 17.9 Å². The van der Waals surface area contributed by atoms with Crippen LogP contribution in [0.15, 0.2) is 18.2 Å². The molecule has 4 heteroatoms. The van der Waals surface area contributed by atoms with E-state index < -0.39 is 0 Å². The van der Waals surface area contributed by atoms with Gasteiger partial charge in [-0.15, -0.1) is 0 Å². The molecule has 3 nitrogen and oxygen atoms in total. The van der Waals surface area contributed by atoms with Crippen LogP contribution in [0.25, 0.3) is 0 Å². The lowest BCUT2D eigenvalue weighted by Crippen LogP contribution is -2.42. The number of rotatable bonds is 1. The zero-order valence-corrected chi connectivity index (χ0v) is 10.1. The summed E-state index contributed by atoms with van der Waals surface area (Å²) in [5.41, 5.74) is 0.768. The summed E-state index contributed by atoms with van der Waals surface area (Å²) in [4.78, 5) is 13.3. The molecule has 0 radical (unpaired) electrons. The van der Waals surface area contributed by atoms with Crippen LogP contribution in [-0.2, 0) is 4.79 Å². The van der Waals surface area contributed by atoms with E-state index in [2.05, 4.69) is 0 Å². The summed E-state index contributed by atoms with van der Waals surface area (Å²) in [6.45, 7) is 4.20. The molecule has 2 rings (SSSR count). The van der Waals surface area contributed by atoms with Gasteiger partial charge in [0.25, 0.3) is 0 Å². The van der Waals surface area contributed by atoms with Crippen LogP contribution in [0.1, 0.15) is 20.3 Å². The minimum Gasteiger partial charge on any atom is -0.486 e. The number of carbonyl (C=O) groups is 1. The number of ether oxygens (including phenoxy) is 1. The number of carbonyl (C=O) groups excluding carboxylic acids is 1. The Balaban J connectivity index is 2.42. The molecule has 0 aromatic heterocycles. The maximum atomic E-state index is 11.6. The standard InChI is InChI=1S/C12H14ClNO2/c1-3-10-7-14(8(2)15)11-6-9(13)4-5-12(11)16-10/h4-6,10H,3,7H2,1-2H3/t10-/m1/s1. The molecule has 1 aromatic carbocycles. The van der Waals surface area contributed by atoms with Gasteiger partial charge in [0.2, 0.25) is 5.91 Å². The zero-order chi connectivity index (χ0) is 11.7. The highest BCUT2D eigenvalue weighted by Gasteiger charge is 2.27. The first-order valence-electron chi connectivity index (χ1n) is 5.36. The summed E-state index contributed by atoms with van der Waals surface area (Å²) < 4.78 is 5.76. The Hall–Kier alpha value is -1.22. The third kappa shape index (κ3) is 2.00. The van der Waals surface area contributed by atoms with E-state index in [1.807, 2.05) is 13.0 Å². The van der Waals surface area contributed by atoms with Gasteiger partial charge < -0.3 is 9.64 Å². The van der Waals surface area contributed by atoms with Gasteiger partial charge in [-0.1, -0.05) is 18.5 Å². The molecular formula is C12H14ClNO2. The van der Waals surface area contributed by atoms with E-state index in [4.69, 9.17) is 16.3 Å². The average Bonchev–Trinajstić information content (AvgIpc) is 2.27. The number of fused-ring (bicyclic) bond motifs is 1. The van der Waals surface area contributed by atoms with E-state index in [-0.39, 0.29) is 12.0 Å². The highest BCUT2D eigenvalue weighted by Crippen LogP contribution is 2.36. The van der Waals surface area contributed by atoms with Crippen LogP contribution in [0.5, 0.6) is 5.75 Å². The smallest absolute Gasteiger partial charge is 0.224 e. The van der Waals surface area contributed by atoms with Crippen molar-refractivity contribution in [2.75, 3.05) is 11.4 Å². The van der Waals surface area contributed by atoms with Gasteiger partial charge in [0.15, 0.2) is 0 Å². The van der Waals surface area contributed by atoms with E-state index in [9.17, 15) is 4.79 Å². The summed E-state index contributed by atoms with van der Waals surface area (Å²) in [5.74, 6) is 0.753. The Labute approximate surface area is 100.0 Å². The second-order valence-electron chi connectivity index (χ2n) is 3.89. The molecule has 0 N–H and O–H groups in total. The second-order valence-corrected chi connectivity index (χ2v) is 4.33. The van der Waals surface area contributed by atoms with Crippen LogP contribution in [0.4, 0.5) is 5.69 Å². The maximum Gasteiger partial charge on any atom is 0.224 e. The molecule has 86 valence electrons. The van der Waals surface area contributed by atoms with Crippen molar-refractivity contribution in [1.82, 2.24) is 0 Å². The number of hydrogen-bond acceptors (Lipinski definition) is 2. The van der Waals surface area contributed by atoms with Gasteiger partial charge in [0, 0.05) is 11.9 Å². The quantitative estimate of drug-likeness (QED) is 0.754. The van der Waals surface area contributed by atoms with E-state index >= 15 is 0 Å². The van der Waals surface area contributed by atoms with Crippen molar-refractivity contribution in [3.8, 4) is 5.75 Å². The van der Waals surface area contributed by atoms with E-state index in [1.165, 1.54) is 0 Å². The van der Waals surface area contributed by atoms with E-state index in [1.54, 1.807) is 24.0 Å². The molecule has 1 aliphatic heterocycles. The number of benzene rings is 1. The summed E-state index contributed by atoms with van der Waals surface area (Å²) in [6.07, 6.45) is 0.948. The number of halogens is 1. The van der Waals surface area contributed by atoms with Crippen LogP contribution in [-0.4, -0.2) is 18.6 Å². The van der Waals surface area contributed by atoms with Crippen molar-refractivity contribution in [2.24, 2.45) is 0 Å². The van der Waals surface area contributed by atoms with Gasteiger partial charge in [0.05, 0.1) is 12.2 Å². The first-order valence-corrected chi connectivity index (χ1v) is 5.74. The van der Waals surface area contributed by atoms with Crippen molar-refractivity contribution in [3.05, 3.63) is 23.2 Å². The zero-order valence-electron chi connectivity index (χ0n) is 9.37. The summed E-state index contributed by atoms with van der Waals surface area (Å²) in [6, 6.07) is 5.36. The molecule has 0 saturated heterocycles. The lowest BCUT2D eigenvalue weighted by molar-refractivity contribution is -0.117. The molecule has 1 atom stereocenters. The molecule has 1 aromatic rings. The van der Waals surface area contributed by atoms with Gasteiger partial charge in [-0.05, 0) is 24.6 Å². The Morgan fingerprint density at radius 1 is 1.62 bits per heavy atom. The van der Waals surface area contributed by atoms with Crippen molar-refractivity contribution < 1.29 is 9.53 Å². The highest BCUT2D eigenvalue weighted by atomic mass is 35.5. The molecule has 0 aliphatic carbocycles. The predicted octanol–water partition coefficient (Wildman–Crippen LogP) is 2.86. The molecule has 0 bridgehead atoms. The minimum absolute atomic E-state index is 0.0188. The largest absolute Gasteiger partial charge is 0.486 e. The molecular weight excluding hydrogens is 226 g/mol. The average molecular weight is 240 g/mol. The predicted molar refractivity (Wildman–Crippen MR) is 64.2 cm³/mol. The second kappa shape index (κ2) is 4.34. The third-order valence-electron chi connectivity index (χ3n) is 2.73. The van der Waals surface area contributed by atoms with Crippen molar-refractivity contribution >= 4 is 23.2 Å². The lowest BCUT2D eigenvalue weighted by atomic mass is 10.1. The van der Waals surface area contributed by atoms with Crippen LogP contribution in [0, 0.1) is 0 Å². The number of anilines is 1. The first-order chi connectivity index (χ1) is 7.61. The molecule has 0 unspecified atom stereocenters. The Kier molecular flexibility index (Phi) is 3.06. The lowest BCUT2D eigenvalue weighted by Gasteiger charge is -2.34. The van der Waals surface area contributed by atoms with Crippen molar-refractivity contribution in [3.63, 3.8) is 0 Å². The molecule has 16 heavy (non-hydrogen) atoms. The third-order valence-corrected chi connectivity index (χ3v) is 2.96. The van der Waals surface area contributed by atoms with Gasteiger partial charge in [-0.25, -0.2) is 0 Å². The maximum absolute atomic E-state index is 11.6. The topological polar surface area (TPSA) is 29.5 Å². The van der Waals surface area contributed by atoms with Crippen LogP contribution >= 0.6 is 11.6 Å². The fraction of sp³-hybridized carbons (Fsp3) is 0.417. The Bertz CT molecular complexity index is 419. The van der Waals surface area contributed by atoms with Gasteiger partial charge in [-0.2, -0.15) is 0 Å². The Morgan fingerprint density at radius 3 is 3.00 bits per heavy atom. The molecule has 1 heterocycles. The van der Waals surface area contributed by atoms with Crippen LogP contribution in [0.2, 0.25) is 5.02 Å². The highest BCUT2D eigenvalue weighted by molar-refractivity contribution is 6.31. The van der Waals surface area contributed by atoms with Crippen molar-refractivity contribution in [2.45, 2.75) is 26.4 Å². The van der Waals surface area contributed by atoms with Gasteiger partial charge in [-0.3, -0.25) is 4.79 Å². The minimum atomic E-state index is 0.0188. The summed E-state index contributed by atoms with van der Waals surface area (Å²) in [5, 5.41) is 0.614. The fourth-order valence-corrected chi connectivity index (χ4v) is 2.00. The normalized spacial score (nSPS) is 18.9. The molecule has 1 aliphatic rings. The Morgan fingerprint density at radius 2 is 2.38 bits per heavy atom. The first kappa shape index (κ1) is 11.3.